The summed E-state index contributed by atoms with van der Waals surface area (Å²) in [5, 5.41) is 33.4. The van der Waals surface area contributed by atoms with Gasteiger partial charge < -0.3 is 35.0 Å². The third kappa shape index (κ3) is 2.99. The third-order valence-corrected chi connectivity index (χ3v) is 4.20. The highest BCUT2D eigenvalue weighted by atomic mass is 16.5. The highest BCUT2D eigenvalue weighted by molar-refractivity contribution is 5.83. The number of rotatable bonds is 3. The second-order valence-electron chi connectivity index (χ2n) is 6.35. The van der Waals surface area contributed by atoms with Gasteiger partial charge in [-0.3, -0.25) is 0 Å². The van der Waals surface area contributed by atoms with Crippen LogP contribution in [0.1, 0.15) is 0 Å². The molecule has 27 heavy (non-hydrogen) atoms. The van der Waals surface area contributed by atoms with E-state index in [4.69, 9.17) is 9.47 Å². The largest absolute Gasteiger partial charge is 0.508 e. The Balaban J connectivity index is 1.71. The van der Waals surface area contributed by atoms with E-state index in [2.05, 4.69) is 5.32 Å². The number of nitrogens with zero attached hydrogens (tertiary/aromatic N) is 1. The molecule has 0 fully saturated rings. The summed E-state index contributed by atoms with van der Waals surface area (Å²) >= 11 is 0. The van der Waals surface area contributed by atoms with Crippen LogP contribution in [-0.4, -0.2) is 29.4 Å². The molecule has 0 atom stereocenters. The summed E-state index contributed by atoms with van der Waals surface area (Å²) in [5.74, 6) is 0.131. The number of aromatic hydroxyl groups is 3. The van der Waals surface area contributed by atoms with Crippen molar-refractivity contribution < 1.29 is 24.8 Å². The number of hydrogen-bond donors (Lipinski definition) is 4. The Labute approximate surface area is 155 Å². The Morgan fingerprint density at radius 1 is 0.926 bits per heavy atom. The Kier molecular flexibility index (Phi) is 3.84. The summed E-state index contributed by atoms with van der Waals surface area (Å²) in [6.45, 7) is 0. The molecule has 0 saturated carbocycles. The van der Waals surface area contributed by atoms with Gasteiger partial charge in [-0.1, -0.05) is 6.07 Å². The lowest BCUT2D eigenvalue weighted by atomic mass is 10.1. The first-order valence-electron chi connectivity index (χ1n) is 8.24. The number of phenols is 3. The third-order valence-electron chi connectivity index (χ3n) is 4.20. The molecule has 1 aliphatic rings. The van der Waals surface area contributed by atoms with Crippen LogP contribution in [0.25, 0.3) is 0 Å². The van der Waals surface area contributed by atoms with E-state index < -0.39 is 11.5 Å². The number of hydrogen-bond acceptors (Lipinski definition) is 7. The maximum Gasteiger partial charge on any atom is 0.207 e. The predicted octanol–water partition coefficient (Wildman–Crippen LogP) is 4.51. The van der Waals surface area contributed by atoms with Crippen molar-refractivity contribution in [3.05, 3.63) is 48.5 Å². The Hall–Kier alpha value is -3.74. The van der Waals surface area contributed by atoms with Gasteiger partial charge in [-0.2, -0.15) is 0 Å². The van der Waals surface area contributed by atoms with Crippen LogP contribution in [-0.2, 0) is 0 Å². The van der Waals surface area contributed by atoms with Crippen LogP contribution in [0.15, 0.2) is 48.5 Å². The van der Waals surface area contributed by atoms with Crippen molar-refractivity contribution in [2.24, 2.45) is 0 Å². The van der Waals surface area contributed by atoms with Gasteiger partial charge in [0, 0.05) is 38.0 Å². The molecule has 7 nitrogen and oxygen atoms in total. The molecule has 0 amide bonds. The van der Waals surface area contributed by atoms with Crippen molar-refractivity contribution in [2.75, 3.05) is 24.3 Å². The van der Waals surface area contributed by atoms with Crippen molar-refractivity contribution in [2.45, 2.75) is 0 Å². The van der Waals surface area contributed by atoms with E-state index in [1.807, 2.05) is 37.2 Å². The monoisotopic (exact) mass is 366 g/mol. The topological polar surface area (TPSA) is 94.4 Å². The summed E-state index contributed by atoms with van der Waals surface area (Å²) in [4.78, 5) is 1.93. The summed E-state index contributed by atoms with van der Waals surface area (Å²) in [7, 11) is 3.83. The second kappa shape index (κ2) is 6.21. The molecular formula is C20H18N2O5. The molecule has 0 aliphatic carbocycles. The normalized spacial score (nSPS) is 11.6. The lowest BCUT2D eigenvalue weighted by Crippen LogP contribution is -2.10. The number of nitrogens with one attached hydrogen (secondary N) is 1. The number of fused-ring (bicyclic) bond motifs is 2. The Bertz CT molecular complexity index is 1030. The maximum atomic E-state index is 10.4. The molecule has 0 aromatic heterocycles. The molecular weight excluding hydrogens is 348 g/mol. The molecule has 138 valence electrons. The number of benzene rings is 3. The van der Waals surface area contributed by atoms with Crippen molar-refractivity contribution in [1.82, 2.24) is 0 Å². The van der Waals surface area contributed by atoms with Crippen LogP contribution in [0.4, 0.5) is 17.1 Å². The van der Waals surface area contributed by atoms with Gasteiger partial charge in [0.25, 0.3) is 0 Å². The van der Waals surface area contributed by atoms with E-state index in [9.17, 15) is 15.3 Å². The summed E-state index contributed by atoms with van der Waals surface area (Å²) in [6.07, 6.45) is 0. The van der Waals surface area contributed by atoms with Gasteiger partial charge in [0.1, 0.15) is 11.5 Å². The van der Waals surface area contributed by atoms with Gasteiger partial charge in [-0.25, -0.2) is 0 Å². The SMILES string of the molecule is CN(C)c1ccc2c(c1)Oc1c(cc(Oc3cccc(O)c3)c(O)c1O)N2. The van der Waals surface area contributed by atoms with Crippen LogP contribution in [0, 0.1) is 0 Å². The minimum atomic E-state index is -0.453. The second-order valence-corrected chi connectivity index (χ2v) is 6.35. The highest BCUT2D eigenvalue weighted by Gasteiger charge is 2.26. The predicted molar refractivity (Wildman–Crippen MR) is 102 cm³/mol. The molecule has 0 radical (unpaired) electrons. The minimum absolute atomic E-state index is 0.0289. The summed E-state index contributed by atoms with van der Waals surface area (Å²) in [5.41, 5.74) is 2.11. The maximum absolute atomic E-state index is 10.4. The fourth-order valence-electron chi connectivity index (χ4n) is 2.80. The van der Waals surface area contributed by atoms with E-state index in [-0.39, 0.29) is 17.2 Å². The quantitative estimate of drug-likeness (QED) is 0.313. The first-order chi connectivity index (χ1) is 12.9. The first kappa shape index (κ1) is 16.7. The van der Waals surface area contributed by atoms with Crippen molar-refractivity contribution in [1.29, 1.82) is 0 Å². The molecule has 0 spiro atoms. The molecule has 7 heteroatoms. The average Bonchev–Trinajstić information content (AvgIpc) is 2.64. The van der Waals surface area contributed by atoms with Crippen LogP contribution in [0.2, 0.25) is 0 Å². The molecule has 4 N–H and O–H groups in total. The summed E-state index contributed by atoms with van der Waals surface area (Å²) < 4.78 is 11.4. The number of ether oxygens (including phenoxy) is 2. The van der Waals surface area contributed by atoms with Gasteiger partial charge in [-0.05, 0) is 24.3 Å². The minimum Gasteiger partial charge on any atom is -0.508 e. The van der Waals surface area contributed by atoms with Crippen LogP contribution < -0.4 is 19.7 Å². The average molecular weight is 366 g/mol. The Morgan fingerprint density at radius 3 is 2.48 bits per heavy atom. The molecule has 1 heterocycles. The van der Waals surface area contributed by atoms with Crippen molar-refractivity contribution in [3.8, 4) is 40.2 Å². The molecule has 3 aromatic carbocycles. The Morgan fingerprint density at radius 2 is 1.74 bits per heavy atom. The van der Waals surface area contributed by atoms with Crippen molar-refractivity contribution >= 4 is 17.1 Å². The smallest absolute Gasteiger partial charge is 0.207 e. The van der Waals surface area contributed by atoms with Gasteiger partial charge >= 0.3 is 0 Å². The molecule has 0 bridgehead atoms. The molecule has 3 aromatic rings. The standard InChI is InChI=1S/C20H18N2O5/c1-22(2)11-6-7-14-16(8-11)27-20-15(21-14)10-17(18(24)19(20)25)26-13-5-3-4-12(23)9-13/h3-10,21,23-25H,1-2H3. The number of anilines is 3. The van der Waals surface area contributed by atoms with Gasteiger partial charge in [0.15, 0.2) is 17.2 Å². The summed E-state index contributed by atoms with van der Waals surface area (Å²) in [6, 6.07) is 13.3. The molecule has 4 rings (SSSR count). The van der Waals surface area contributed by atoms with E-state index in [0.29, 0.717) is 17.2 Å². The van der Waals surface area contributed by atoms with Crippen LogP contribution >= 0.6 is 0 Å². The molecule has 1 aliphatic heterocycles. The van der Waals surface area contributed by atoms with E-state index in [1.165, 1.54) is 18.2 Å². The zero-order chi connectivity index (χ0) is 19.1. The van der Waals surface area contributed by atoms with Crippen LogP contribution in [0.3, 0.4) is 0 Å². The first-order valence-corrected chi connectivity index (χ1v) is 8.24. The van der Waals surface area contributed by atoms with E-state index >= 15 is 0 Å². The zero-order valence-electron chi connectivity index (χ0n) is 14.7. The lowest BCUT2D eigenvalue weighted by molar-refractivity contribution is 0.352. The van der Waals surface area contributed by atoms with E-state index in [0.717, 1.165) is 11.4 Å². The number of phenolic OH excluding ortho intramolecular Hbond substituents is 3. The van der Waals surface area contributed by atoms with Crippen molar-refractivity contribution in [3.63, 3.8) is 0 Å². The van der Waals surface area contributed by atoms with Gasteiger partial charge in [0.2, 0.25) is 11.5 Å². The van der Waals surface area contributed by atoms with Gasteiger partial charge in [0.05, 0.1) is 11.4 Å². The van der Waals surface area contributed by atoms with E-state index in [1.54, 1.807) is 12.1 Å². The highest BCUT2D eigenvalue weighted by Crippen LogP contribution is 2.54. The molecule has 0 unspecified atom stereocenters. The molecule has 0 saturated heterocycles. The fraction of sp³-hybridized carbons (Fsp3) is 0.100. The zero-order valence-corrected chi connectivity index (χ0v) is 14.7. The van der Waals surface area contributed by atoms with Crippen LogP contribution in [0.5, 0.6) is 40.2 Å². The fourth-order valence-corrected chi connectivity index (χ4v) is 2.80. The van der Waals surface area contributed by atoms with Gasteiger partial charge in [-0.15, -0.1) is 0 Å². The lowest BCUT2D eigenvalue weighted by Gasteiger charge is -2.25.